The van der Waals surface area contributed by atoms with Gasteiger partial charge < -0.3 is 10.0 Å². The minimum absolute atomic E-state index is 0.0516. The number of hydrogen-bond donors (Lipinski definition) is 1. The zero-order valence-corrected chi connectivity index (χ0v) is 12.4. The lowest BCUT2D eigenvalue weighted by atomic mass is 10.0. The first kappa shape index (κ1) is 16.0. The van der Waals surface area contributed by atoms with Gasteiger partial charge in [-0.3, -0.25) is 4.79 Å². The quantitative estimate of drug-likeness (QED) is 0.840. The average Bonchev–Trinajstić information content (AvgIpc) is 2.43. The molecule has 0 saturated carbocycles. The Hall–Kier alpha value is -2.10. The highest BCUT2D eigenvalue weighted by Crippen LogP contribution is 2.16. The third-order valence-corrected chi connectivity index (χ3v) is 3.50. The summed E-state index contributed by atoms with van der Waals surface area (Å²) in [5.41, 5.74) is 2.25. The van der Waals surface area contributed by atoms with Crippen LogP contribution in [0.4, 0.5) is 0 Å². The van der Waals surface area contributed by atoms with Crippen LogP contribution in [-0.4, -0.2) is 35.0 Å². The molecule has 0 aliphatic rings. The predicted octanol–water partition coefficient (Wildman–Crippen LogP) is 2.96. The van der Waals surface area contributed by atoms with Gasteiger partial charge in [0, 0.05) is 24.7 Å². The summed E-state index contributed by atoms with van der Waals surface area (Å²) in [7, 11) is 1.78. The van der Waals surface area contributed by atoms with E-state index >= 15 is 0 Å². The third-order valence-electron chi connectivity index (χ3n) is 3.50. The topological polar surface area (TPSA) is 57.6 Å². The molecular weight excluding hydrogens is 254 g/mol. The van der Waals surface area contributed by atoms with Gasteiger partial charge in [0.05, 0.1) is 0 Å². The molecule has 1 rings (SSSR count). The predicted molar refractivity (Wildman–Crippen MR) is 79.7 cm³/mol. The zero-order valence-electron chi connectivity index (χ0n) is 12.4. The van der Waals surface area contributed by atoms with Gasteiger partial charge >= 0.3 is 5.97 Å². The minimum Gasteiger partial charge on any atom is -0.478 e. The molecule has 0 saturated heterocycles. The first-order chi connectivity index (χ1) is 9.36. The second-order valence-electron chi connectivity index (χ2n) is 4.92. The molecule has 20 heavy (non-hydrogen) atoms. The molecule has 0 radical (unpaired) electrons. The highest BCUT2D eigenvalue weighted by Gasteiger charge is 2.16. The molecule has 0 aliphatic carbocycles. The van der Waals surface area contributed by atoms with Crippen LogP contribution in [-0.2, 0) is 4.79 Å². The maximum Gasteiger partial charge on any atom is 0.328 e. The van der Waals surface area contributed by atoms with E-state index in [1.807, 2.05) is 26.8 Å². The molecule has 0 bridgehead atoms. The van der Waals surface area contributed by atoms with Gasteiger partial charge in [0.25, 0.3) is 5.91 Å². The van der Waals surface area contributed by atoms with Crippen LogP contribution in [0.5, 0.6) is 0 Å². The van der Waals surface area contributed by atoms with Crippen molar-refractivity contribution in [3.63, 3.8) is 0 Å². The van der Waals surface area contributed by atoms with E-state index in [2.05, 4.69) is 0 Å². The van der Waals surface area contributed by atoms with Gasteiger partial charge in [-0.05, 0) is 49.6 Å². The molecule has 0 aromatic heterocycles. The highest BCUT2D eigenvalue weighted by atomic mass is 16.4. The summed E-state index contributed by atoms with van der Waals surface area (Å²) >= 11 is 0. The zero-order chi connectivity index (χ0) is 15.3. The number of benzene rings is 1. The minimum atomic E-state index is -1.00. The van der Waals surface area contributed by atoms with Crippen LogP contribution >= 0.6 is 0 Å². The maximum absolute atomic E-state index is 12.3. The van der Waals surface area contributed by atoms with Crippen molar-refractivity contribution >= 4 is 18.0 Å². The SMILES string of the molecule is CCC(C)N(C)C(=O)c1ccc(C)c(/C=C/C(=O)O)c1. The van der Waals surface area contributed by atoms with Crippen molar-refractivity contribution < 1.29 is 14.7 Å². The first-order valence-corrected chi connectivity index (χ1v) is 6.65. The molecule has 0 heterocycles. The van der Waals surface area contributed by atoms with Crippen molar-refractivity contribution in [1.82, 2.24) is 4.90 Å². The van der Waals surface area contributed by atoms with E-state index in [1.54, 1.807) is 24.1 Å². The summed E-state index contributed by atoms with van der Waals surface area (Å²) in [5.74, 6) is -1.05. The molecule has 1 aromatic rings. The number of carboxylic acid groups (broad SMARTS) is 1. The molecule has 4 heteroatoms. The van der Waals surface area contributed by atoms with Crippen molar-refractivity contribution in [3.05, 3.63) is 41.0 Å². The van der Waals surface area contributed by atoms with Crippen LogP contribution in [0.1, 0.15) is 41.8 Å². The summed E-state index contributed by atoms with van der Waals surface area (Å²) in [6.07, 6.45) is 3.48. The molecule has 108 valence electrons. The average molecular weight is 275 g/mol. The van der Waals surface area contributed by atoms with Gasteiger partial charge in [-0.1, -0.05) is 13.0 Å². The molecule has 4 nitrogen and oxygen atoms in total. The Balaban J connectivity index is 3.06. The second-order valence-corrected chi connectivity index (χ2v) is 4.92. The van der Waals surface area contributed by atoms with Gasteiger partial charge in [0.15, 0.2) is 0 Å². The van der Waals surface area contributed by atoms with E-state index in [4.69, 9.17) is 5.11 Å². The van der Waals surface area contributed by atoms with Crippen molar-refractivity contribution in [2.45, 2.75) is 33.2 Å². The number of hydrogen-bond acceptors (Lipinski definition) is 2. The Morgan fingerprint density at radius 3 is 2.60 bits per heavy atom. The number of amides is 1. The van der Waals surface area contributed by atoms with E-state index in [0.717, 1.165) is 23.6 Å². The number of carbonyl (C=O) groups is 2. The Morgan fingerprint density at radius 1 is 1.40 bits per heavy atom. The molecule has 1 aromatic carbocycles. The summed E-state index contributed by atoms with van der Waals surface area (Å²) in [4.78, 5) is 24.6. The Kier molecular flexibility index (Phi) is 5.50. The second kappa shape index (κ2) is 6.89. The maximum atomic E-state index is 12.3. The molecule has 0 fully saturated rings. The third kappa shape index (κ3) is 3.95. The van der Waals surface area contributed by atoms with Crippen LogP contribution in [0, 0.1) is 6.92 Å². The Morgan fingerprint density at radius 2 is 2.05 bits per heavy atom. The van der Waals surface area contributed by atoms with E-state index in [1.165, 1.54) is 6.08 Å². The highest BCUT2D eigenvalue weighted by molar-refractivity contribution is 5.95. The van der Waals surface area contributed by atoms with Gasteiger partial charge in [-0.25, -0.2) is 4.79 Å². The number of carboxylic acids is 1. The lowest BCUT2D eigenvalue weighted by Gasteiger charge is -2.24. The number of nitrogens with zero attached hydrogens (tertiary/aromatic N) is 1. The monoisotopic (exact) mass is 275 g/mol. The number of aliphatic carboxylic acids is 1. The molecule has 1 atom stereocenters. The van der Waals surface area contributed by atoms with Crippen LogP contribution < -0.4 is 0 Å². The lowest BCUT2D eigenvalue weighted by molar-refractivity contribution is -0.131. The van der Waals surface area contributed by atoms with Gasteiger partial charge in [0.1, 0.15) is 0 Å². The van der Waals surface area contributed by atoms with Crippen molar-refractivity contribution in [3.8, 4) is 0 Å². The molecular formula is C16H21NO3. The standard InChI is InChI=1S/C16H21NO3/c1-5-12(3)17(4)16(20)14-7-6-11(2)13(10-14)8-9-15(18)19/h6-10,12H,5H2,1-4H3,(H,18,19)/b9-8+. The van der Waals surface area contributed by atoms with Crippen molar-refractivity contribution in [2.24, 2.45) is 0 Å². The summed E-state index contributed by atoms with van der Waals surface area (Å²) in [6.45, 7) is 5.91. The van der Waals surface area contributed by atoms with Crippen molar-refractivity contribution in [2.75, 3.05) is 7.05 Å². The van der Waals surface area contributed by atoms with E-state index in [0.29, 0.717) is 5.56 Å². The van der Waals surface area contributed by atoms with E-state index in [9.17, 15) is 9.59 Å². The summed E-state index contributed by atoms with van der Waals surface area (Å²) in [5, 5.41) is 8.68. The van der Waals surface area contributed by atoms with Crippen LogP contribution in [0.25, 0.3) is 6.08 Å². The van der Waals surface area contributed by atoms with Crippen LogP contribution in [0.2, 0.25) is 0 Å². The summed E-state index contributed by atoms with van der Waals surface area (Å²) < 4.78 is 0. The Bertz CT molecular complexity index is 535. The Labute approximate surface area is 119 Å². The molecule has 1 unspecified atom stereocenters. The van der Waals surface area contributed by atoms with Crippen LogP contribution in [0.15, 0.2) is 24.3 Å². The first-order valence-electron chi connectivity index (χ1n) is 6.65. The number of rotatable bonds is 5. The van der Waals surface area contributed by atoms with Gasteiger partial charge in [0.2, 0.25) is 0 Å². The lowest BCUT2D eigenvalue weighted by Crippen LogP contribution is -2.34. The number of carbonyl (C=O) groups excluding carboxylic acids is 1. The van der Waals surface area contributed by atoms with E-state index in [-0.39, 0.29) is 11.9 Å². The van der Waals surface area contributed by atoms with Crippen LogP contribution in [0.3, 0.4) is 0 Å². The largest absolute Gasteiger partial charge is 0.478 e. The van der Waals surface area contributed by atoms with Gasteiger partial charge in [-0.2, -0.15) is 0 Å². The summed E-state index contributed by atoms with van der Waals surface area (Å²) in [6, 6.07) is 5.51. The fraction of sp³-hybridized carbons (Fsp3) is 0.375. The molecule has 0 aliphatic heterocycles. The number of aryl methyl sites for hydroxylation is 1. The van der Waals surface area contributed by atoms with Gasteiger partial charge in [-0.15, -0.1) is 0 Å². The molecule has 1 N–H and O–H groups in total. The van der Waals surface area contributed by atoms with E-state index < -0.39 is 5.97 Å². The smallest absolute Gasteiger partial charge is 0.328 e. The molecule has 1 amide bonds. The fourth-order valence-electron chi connectivity index (χ4n) is 1.79. The fourth-order valence-corrected chi connectivity index (χ4v) is 1.79. The van der Waals surface area contributed by atoms with Crippen molar-refractivity contribution in [1.29, 1.82) is 0 Å². The normalized spacial score (nSPS) is 12.4. The molecule has 0 spiro atoms.